The smallest absolute Gasteiger partial charge is 0.251 e. The van der Waals surface area contributed by atoms with Crippen molar-refractivity contribution in [3.8, 4) is 0 Å². The van der Waals surface area contributed by atoms with Crippen LogP contribution in [-0.4, -0.2) is 35.6 Å². The normalized spacial score (nSPS) is 18.5. The predicted molar refractivity (Wildman–Crippen MR) is 91.4 cm³/mol. The molecule has 0 saturated carbocycles. The Morgan fingerprint density at radius 3 is 3.04 bits per heavy atom. The standard InChI is InChI=1S/C19H24N2O3/c22-14-16-5-2-8-21(13-16)12-15-4-1-6-17(10-15)19(23)20-11-18-7-3-9-24-18/h1,3-4,6-7,9-10,16,22H,2,5,8,11-14H2,(H,20,23). The largest absolute Gasteiger partial charge is 0.467 e. The Labute approximate surface area is 142 Å². The van der Waals surface area contributed by atoms with E-state index in [4.69, 9.17) is 4.42 Å². The molecule has 0 radical (unpaired) electrons. The summed E-state index contributed by atoms with van der Waals surface area (Å²) in [5.41, 5.74) is 1.79. The van der Waals surface area contributed by atoms with Crippen molar-refractivity contribution in [2.75, 3.05) is 19.7 Å². The maximum atomic E-state index is 12.3. The number of hydrogen-bond acceptors (Lipinski definition) is 4. The summed E-state index contributed by atoms with van der Waals surface area (Å²) >= 11 is 0. The highest BCUT2D eigenvalue weighted by Crippen LogP contribution is 2.18. The molecule has 5 heteroatoms. The number of aliphatic hydroxyl groups is 1. The fourth-order valence-electron chi connectivity index (χ4n) is 3.20. The van der Waals surface area contributed by atoms with Crippen LogP contribution >= 0.6 is 0 Å². The van der Waals surface area contributed by atoms with Crippen LogP contribution < -0.4 is 5.32 Å². The molecule has 2 N–H and O–H groups in total. The molecule has 0 bridgehead atoms. The first-order valence-electron chi connectivity index (χ1n) is 8.47. The van der Waals surface area contributed by atoms with Crippen molar-refractivity contribution in [1.29, 1.82) is 0 Å². The maximum absolute atomic E-state index is 12.3. The van der Waals surface area contributed by atoms with Crippen LogP contribution in [0.1, 0.15) is 34.5 Å². The van der Waals surface area contributed by atoms with Crippen LogP contribution in [0.5, 0.6) is 0 Å². The second kappa shape index (κ2) is 8.13. The highest BCUT2D eigenvalue weighted by molar-refractivity contribution is 5.94. The lowest BCUT2D eigenvalue weighted by molar-refractivity contribution is 0.0947. The van der Waals surface area contributed by atoms with Gasteiger partial charge in [-0.1, -0.05) is 12.1 Å². The first-order chi connectivity index (χ1) is 11.7. The van der Waals surface area contributed by atoms with Gasteiger partial charge in [-0.2, -0.15) is 0 Å². The van der Waals surface area contributed by atoms with Gasteiger partial charge in [0.2, 0.25) is 0 Å². The molecule has 1 atom stereocenters. The van der Waals surface area contributed by atoms with Gasteiger partial charge < -0.3 is 14.8 Å². The zero-order chi connectivity index (χ0) is 16.8. The van der Waals surface area contributed by atoms with Crippen molar-refractivity contribution in [3.63, 3.8) is 0 Å². The van der Waals surface area contributed by atoms with Crippen LogP contribution in [0.15, 0.2) is 47.1 Å². The average molecular weight is 328 g/mol. The summed E-state index contributed by atoms with van der Waals surface area (Å²) < 4.78 is 5.22. The molecule has 128 valence electrons. The number of aliphatic hydroxyl groups excluding tert-OH is 1. The third-order valence-electron chi connectivity index (χ3n) is 4.46. The molecular weight excluding hydrogens is 304 g/mol. The Kier molecular flexibility index (Phi) is 5.67. The summed E-state index contributed by atoms with van der Waals surface area (Å²) in [5, 5.41) is 12.2. The van der Waals surface area contributed by atoms with E-state index in [1.807, 2.05) is 30.3 Å². The minimum atomic E-state index is -0.0971. The molecule has 3 rings (SSSR count). The number of piperidine rings is 1. The third-order valence-corrected chi connectivity index (χ3v) is 4.46. The van der Waals surface area contributed by atoms with Crippen LogP contribution in [-0.2, 0) is 13.1 Å². The topological polar surface area (TPSA) is 65.7 Å². The number of furan rings is 1. The molecule has 1 aliphatic rings. The van der Waals surface area contributed by atoms with Crippen LogP contribution in [0, 0.1) is 5.92 Å². The van der Waals surface area contributed by atoms with Crippen LogP contribution in [0.3, 0.4) is 0 Å². The molecule has 2 heterocycles. The lowest BCUT2D eigenvalue weighted by atomic mass is 9.98. The first kappa shape index (κ1) is 16.7. The summed E-state index contributed by atoms with van der Waals surface area (Å²) in [5.74, 6) is 1.02. The molecule has 24 heavy (non-hydrogen) atoms. The van der Waals surface area contributed by atoms with Gasteiger partial charge in [0.1, 0.15) is 5.76 Å². The molecule has 1 fully saturated rings. The van der Waals surface area contributed by atoms with Gasteiger partial charge in [0.05, 0.1) is 12.8 Å². The Morgan fingerprint density at radius 1 is 1.33 bits per heavy atom. The summed E-state index contributed by atoms with van der Waals surface area (Å²) in [4.78, 5) is 14.6. The van der Waals surface area contributed by atoms with Gasteiger partial charge in [0.25, 0.3) is 5.91 Å². The molecule has 1 aromatic heterocycles. The molecule has 2 aromatic rings. The van der Waals surface area contributed by atoms with E-state index in [1.54, 1.807) is 12.3 Å². The number of rotatable bonds is 6. The van der Waals surface area contributed by atoms with Crippen LogP contribution in [0.2, 0.25) is 0 Å². The van der Waals surface area contributed by atoms with Crippen molar-refractivity contribution < 1.29 is 14.3 Å². The van der Waals surface area contributed by atoms with Crippen molar-refractivity contribution in [2.24, 2.45) is 5.92 Å². The van der Waals surface area contributed by atoms with Crippen molar-refractivity contribution in [1.82, 2.24) is 10.2 Å². The number of nitrogens with one attached hydrogen (secondary N) is 1. The zero-order valence-corrected chi connectivity index (χ0v) is 13.8. The number of carbonyl (C=O) groups excluding carboxylic acids is 1. The van der Waals surface area contributed by atoms with Crippen molar-refractivity contribution in [3.05, 3.63) is 59.5 Å². The van der Waals surface area contributed by atoms with E-state index in [0.717, 1.165) is 43.8 Å². The highest BCUT2D eigenvalue weighted by Gasteiger charge is 2.19. The Balaban J connectivity index is 1.58. The highest BCUT2D eigenvalue weighted by atomic mass is 16.3. The van der Waals surface area contributed by atoms with E-state index >= 15 is 0 Å². The van der Waals surface area contributed by atoms with Gasteiger partial charge in [-0.3, -0.25) is 9.69 Å². The summed E-state index contributed by atoms with van der Waals surface area (Å²) in [6.45, 7) is 3.43. The maximum Gasteiger partial charge on any atom is 0.251 e. The second-order valence-corrected chi connectivity index (χ2v) is 6.39. The van der Waals surface area contributed by atoms with E-state index in [9.17, 15) is 9.90 Å². The number of carbonyl (C=O) groups is 1. The SMILES string of the molecule is O=C(NCc1ccco1)c1cccc(CN2CCCC(CO)C2)c1. The van der Waals surface area contributed by atoms with Gasteiger partial charge in [-0.15, -0.1) is 0 Å². The van der Waals surface area contributed by atoms with E-state index in [0.29, 0.717) is 18.0 Å². The summed E-state index contributed by atoms with van der Waals surface area (Å²) in [7, 11) is 0. The zero-order valence-electron chi connectivity index (χ0n) is 13.8. The third kappa shape index (κ3) is 4.46. The molecular formula is C19H24N2O3. The molecule has 1 amide bonds. The second-order valence-electron chi connectivity index (χ2n) is 6.39. The number of hydrogen-bond donors (Lipinski definition) is 2. The molecule has 1 saturated heterocycles. The Bertz CT molecular complexity index is 654. The molecule has 1 aliphatic heterocycles. The lowest BCUT2D eigenvalue weighted by Gasteiger charge is -2.31. The number of amides is 1. The minimum Gasteiger partial charge on any atom is -0.467 e. The molecule has 1 unspecified atom stereocenters. The molecule has 1 aromatic carbocycles. The monoisotopic (exact) mass is 328 g/mol. The Hall–Kier alpha value is -2.11. The van der Waals surface area contributed by atoms with E-state index < -0.39 is 0 Å². The quantitative estimate of drug-likeness (QED) is 0.855. The molecule has 0 aliphatic carbocycles. The van der Waals surface area contributed by atoms with E-state index in [2.05, 4.69) is 10.2 Å². The Morgan fingerprint density at radius 2 is 2.25 bits per heavy atom. The average Bonchev–Trinajstić information content (AvgIpc) is 3.13. The van der Waals surface area contributed by atoms with Gasteiger partial charge in [0.15, 0.2) is 0 Å². The van der Waals surface area contributed by atoms with Crippen molar-refractivity contribution >= 4 is 5.91 Å². The number of benzene rings is 1. The predicted octanol–water partition coefficient (Wildman–Crippen LogP) is 2.41. The van der Waals surface area contributed by atoms with Crippen molar-refractivity contribution in [2.45, 2.75) is 25.9 Å². The van der Waals surface area contributed by atoms with Gasteiger partial charge >= 0.3 is 0 Å². The van der Waals surface area contributed by atoms with Gasteiger partial charge in [0, 0.05) is 25.3 Å². The molecule has 0 spiro atoms. The van der Waals surface area contributed by atoms with Gasteiger partial charge in [-0.05, 0) is 55.1 Å². The summed E-state index contributed by atoms with van der Waals surface area (Å²) in [6.07, 6.45) is 3.82. The van der Waals surface area contributed by atoms with Gasteiger partial charge in [-0.25, -0.2) is 0 Å². The lowest BCUT2D eigenvalue weighted by Crippen LogP contribution is -2.36. The van der Waals surface area contributed by atoms with Crippen LogP contribution in [0.4, 0.5) is 0 Å². The number of likely N-dealkylation sites (tertiary alicyclic amines) is 1. The number of nitrogens with zero attached hydrogens (tertiary/aromatic N) is 1. The minimum absolute atomic E-state index is 0.0971. The fraction of sp³-hybridized carbons (Fsp3) is 0.421. The first-order valence-corrected chi connectivity index (χ1v) is 8.47. The fourth-order valence-corrected chi connectivity index (χ4v) is 3.20. The van der Waals surface area contributed by atoms with E-state index in [-0.39, 0.29) is 12.5 Å². The van der Waals surface area contributed by atoms with Crippen LogP contribution in [0.25, 0.3) is 0 Å². The van der Waals surface area contributed by atoms with E-state index in [1.165, 1.54) is 0 Å². The summed E-state index contributed by atoms with van der Waals surface area (Å²) in [6, 6.07) is 11.4. The molecule has 5 nitrogen and oxygen atoms in total.